The molecule has 4 nitrogen and oxygen atoms in total. The lowest BCUT2D eigenvalue weighted by Gasteiger charge is -2.29. The SMILES string of the molecule is C=C(N1CC2CNCC2C1)C(F)(F)c1cc(C(=O)Nc2ccc(F)c(C)c2)ccc1F. The van der Waals surface area contributed by atoms with Gasteiger partial charge in [-0.3, -0.25) is 4.79 Å². The molecule has 0 saturated carbocycles. The van der Waals surface area contributed by atoms with Crippen molar-refractivity contribution in [3.05, 3.63) is 77.0 Å². The van der Waals surface area contributed by atoms with Gasteiger partial charge in [0.25, 0.3) is 5.91 Å². The van der Waals surface area contributed by atoms with E-state index in [1.807, 2.05) is 0 Å². The van der Waals surface area contributed by atoms with Crippen molar-refractivity contribution in [1.29, 1.82) is 0 Å². The van der Waals surface area contributed by atoms with E-state index >= 15 is 8.78 Å². The van der Waals surface area contributed by atoms with Gasteiger partial charge in [0.05, 0.1) is 11.3 Å². The highest BCUT2D eigenvalue weighted by Gasteiger charge is 2.45. The summed E-state index contributed by atoms with van der Waals surface area (Å²) >= 11 is 0. The van der Waals surface area contributed by atoms with Crippen LogP contribution in [-0.4, -0.2) is 37.0 Å². The maximum absolute atomic E-state index is 15.2. The number of likely N-dealkylation sites (tertiary alicyclic amines) is 1. The van der Waals surface area contributed by atoms with Gasteiger partial charge in [-0.05, 0) is 60.7 Å². The van der Waals surface area contributed by atoms with Crippen molar-refractivity contribution in [2.75, 3.05) is 31.5 Å². The highest BCUT2D eigenvalue weighted by Crippen LogP contribution is 2.41. The molecule has 2 aliphatic rings. The molecule has 2 aromatic carbocycles. The first-order chi connectivity index (χ1) is 14.7. The van der Waals surface area contributed by atoms with Gasteiger partial charge in [0.2, 0.25) is 0 Å². The number of alkyl halides is 2. The van der Waals surface area contributed by atoms with Gasteiger partial charge in [0, 0.05) is 37.4 Å². The number of amides is 1. The van der Waals surface area contributed by atoms with E-state index in [0.29, 0.717) is 24.3 Å². The summed E-state index contributed by atoms with van der Waals surface area (Å²) in [6, 6.07) is 6.82. The zero-order chi connectivity index (χ0) is 22.3. The van der Waals surface area contributed by atoms with Crippen LogP contribution in [0.5, 0.6) is 0 Å². The highest BCUT2D eigenvalue weighted by atomic mass is 19.3. The van der Waals surface area contributed by atoms with Crippen LogP contribution >= 0.6 is 0 Å². The number of allylic oxidation sites excluding steroid dienone is 1. The number of halogens is 4. The van der Waals surface area contributed by atoms with Crippen molar-refractivity contribution in [3.8, 4) is 0 Å². The van der Waals surface area contributed by atoms with Gasteiger partial charge in [-0.15, -0.1) is 0 Å². The van der Waals surface area contributed by atoms with Crippen LogP contribution in [0.3, 0.4) is 0 Å². The fraction of sp³-hybridized carbons (Fsp3) is 0.348. The Morgan fingerprint density at radius 2 is 1.74 bits per heavy atom. The Morgan fingerprint density at radius 1 is 1.10 bits per heavy atom. The fourth-order valence-electron chi connectivity index (χ4n) is 4.26. The average Bonchev–Trinajstić information content (AvgIpc) is 3.32. The molecule has 2 aromatic rings. The summed E-state index contributed by atoms with van der Waals surface area (Å²) in [5, 5.41) is 5.76. The Hall–Kier alpha value is -2.87. The molecule has 2 heterocycles. The first-order valence-corrected chi connectivity index (χ1v) is 10.1. The van der Waals surface area contributed by atoms with Crippen LogP contribution in [0, 0.1) is 30.4 Å². The van der Waals surface area contributed by atoms with Crippen molar-refractivity contribution in [3.63, 3.8) is 0 Å². The van der Waals surface area contributed by atoms with Gasteiger partial charge < -0.3 is 15.5 Å². The van der Waals surface area contributed by atoms with Gasteiger partial charge in [0.15, 0.2) is 0 Å². The third kappa shape index (κ3) is 4.04. The minimum absolute atomic E-state index is 0.131. The predicted octanol–water partition coefficient (Wildman–Crippen LogP) is 4.28. The van der Waals surface area contributed by atoms with Crippen LogP contribution in [-0.2, 0) is 5.92 Å². The molecule has 31 heavy (non-hydrogen) atoms. The Balaban J connectivity index is 1.55. The summed E-state index contributed by atoms with van der Waals surface area (Å²) < 4.78 is 58.3. The third-order valence-corrected chi connectivity index (χ3v) is 6.12. The number of nitrogens with zero attached hydrogens (tertiary/aromatic N) is 1. The molecule has 0 aromatic heterocycles. The van der Waals surface area contributed by atoms with E-state index in [9.17, 15) is 13.6 Å². The summed E-state index contributed by atoms with van der Waals surface area (Å²) in [5.74, 6) is -5.36. The largest absolute Gasteiger partial charge is 0.369 e. The lowest BCUT2D eigenvalue weighted by molar-refractivity contribution is 0.00609. The Kier molecular flexibility index (Phi) is 5.51. The molecule has 2 unspecified atom stereocenters. The highest BCUT2D eigenvalue weighted by molar-refractivity contribution is 6.04. The molecule has 8 heteroatoms. The molecule has 2 saturated heterocycles. The summed E-state index contributed by atoms with van der Waals surface area (Å²) in [4.78, 5) is 14.1. The molecule has 2 fully saturated rings. The minimum Gasteiger partial charge on any atom is -0.369 e. The van der Waals surface area contributed by atoms with Crippen molar-refractivity contribution < 1.29 is 22.4 Å². The van der Waals surface area contributed by atoms with Gasteiger partial charge in [-0.1, -0.05) is 6.58 Å². The lowest BCUT2D eigenvalue weighted by Crippen LogP contribution is -2.33. The first kappa shape index (κ1) is 21.4. The van der Waals surface area contributed by atoms with Crippen LogP contribution in [0.4, 0.5) is 23.2 Å². The molecule has 2 N–H and O–H groups in total. The van der Waals surface area contributed by atoms with E-state index in [1.54, 1.807) is 0 Å². The number of rotatable bonds is 5. The number of fused-ring (bicyclic) bond motifs is 1. The molecule has 4 rings (SSSR count). The number of hydrogen-bond acceptors (Lipinski definition) is 3. The second-order valence-corrected chi connectivity index (χ2v) is 8.22. The van der Waals surface area contributed by atoms with E-state index in [2.05, 4.69) is 17.2 Å². The van der Waals surface area contributed by atoms with Crippen molar-refractivity contribution in [2.45, 2.75) is 12.8 Å². The Labute approximate surface area is 177 Å². The molecule has 1 amide bonds. The number of benzene rings is 2. The lowest BCUT2D eigenvalue weighted by atomic mass is 10.0. The molecule has 0 aliphatic carbocycles. The number of nitrogens with one attached hydrogen (secondary N) is 2. The number of aryl methyl sites for hydroxylation is 1. The topological polar surface area (TPSA) is 44.4 Å². The number of anilines is 1. The number of hydrogen-bond donors (Lipinski definition) is 2. The standard InChI is InChI=1S/C23H23F4N3O/c1-13-7-18(4-6-20(13)24)29-22(31)15-3-5-21(25)19(8-15)23(26,27)14(2)30-11-16-9-28-10-17(16)12-30/h3-8,16-17,28H,2,9-12H2,1H3,(H,29,31). The monoisotopic (exact) mass is 433 g/mol. The van der Waals surface area contributed by atoms with Crippen LogP contribution < -0.4 is 10.6 Å². The van der Waals surface area contributed by atoms with Crippen LogP contribution in [0.25, 0.3) is 0 Å². The molecule has 0 spiro atoms. The molecule has 2 aliphatic heterocycles. The quantitative estimate of drug-likeness (QED) is 0.692. The molecule has 164 valence electrons. The average molecular weight is 433 g/mol. The molecular formula is C23H23F4N3O. The van der Waals surface area contributed by atoms with E-state index in [0.717, 1.165) is 31.3 Å². The van der Waals surface area contributed by atoms with Crippen LogP contribution in [0.2, 0.25) is 0 Å². The molecule has 0 bridgehead atoms. The van der Waals surface area contributed by atoms with Gasteiger partial charge in [-0.25, -0.2) is 8.78 Å². The van der Waals surface area contributed by atoms with E-state index < -0.39 is 34.7 Å². The minimum atomic E-state index is -3.67. The predicted molar refractivity (Wildman–Crippen MR) is 110 cm³/mol. The van der Waals surface area contributed by atoms with Crippen molar-refractivity contribution in [1.82, 2.24) is 10.2 Å². The number of carbonyl (C=O) groups is 1. The summed E-state index contributed by atoms with van der Waals surface area (Å²) in [6.45, 7) is 7.53. The number of carbonyl (C=O) groups excluding carboxylic acids is 1. The maximum atomic E-state index is 15.2. The zero-order valence-electron chi connectivity index (χ0n) is 17.0. The van der Waals surface area contributed by atoms with E-state index in [1.165, 1.54) is 30.0 Å². The smallest absolute Gasteiger partial charge is 0.314 e. The molecule has 0 radical (unpaired) electrons. The second-order valence-electron chi connectivity index (χ2n) is 8.22. The van der Waals surface area contributed by atoms with Crippen LogP contribution in [0.1, 0.15) is 21.5 Å². The van der Waals surface area contributed by atoms with Crippen molar-refractivity contribution in [2.24, 2.45) is 11.8 Å². The zero-order valence-corrected chi connectivity index (χ0v) is 17.0. The Bertz CT molecular complexity index is 1030. The fourth-order valence-corrected chi connectivity index (χ4v) is 4.26. The second kappa shape index (κ2) is 8.00. The third-order valence-electron chi connectivity index (χ3n) is 6.12. The van der Waals surface area contributed by atoms with E-state index in [4.69, 9.17) is 0 Å². The van der Waals surface area contributed by atoms with Crippen molar-refractivity contribution >= 4 is 11.6 Å². The summed E-state index contributed by atoms with van der Waals surface area (Å²) in [6.07, 6.45) is 0. The summed E-state index contributed by atoms with van der Waals surface area (Å²) in [7, 11) is 0. The Morgan fingerprint density at radius 3 is 2.39 bits per heavy atom. The maximum Gasteiger partial charge on any atom is 0.314 e. The van der Waals surface area contributed by atoms with Crippen LogP contribution in [0.15, 0.2) is 48.7 Å². The molecular weight excluding hydrogens is 410 g/mol. The van der Waals surface area contributed by atoms with Gasteiger partial charge in [0.1, 0.15) is 11.6 Å². The van der Waals surface area contributed by atoms with Gasteiger partial charge >= 0.3 is 5.92 Å². The molecule has 2 atom stereocenters. The normalized spacial score (nSPS) is 20.6. The summed E-state index contributed by atoms with van der Waals surface area (Å²) in [5.41, 5.74) is -0.856. The van der Waals surface area contributed by atoms with E-state index in [-0.39, 0.29) is 17.4 Å². The van der Waals surface area contributed by atoms with Gasteiger partial charge in [-0.2, -0.15) is 8.78 Å². The first-order valence-electron chi connectivity index (χ1n) is 10.1.